The number of fused-ring (bicyclic) bond motifs is 1. The molecule has 0 amide bonds. The lowest BCUT2D eigenvalue weighted by atomic mass is 10.1. The summed E-state index contributed by atoms with van der Waals surface area (Å²) in [6, 6.07) is 22.2. The van der Waals surface area contributed by atoms with E-state index in [0.29, 0.717) is 12.5 Å². The van der Waals surface area contributed by atoms with Crippen LogP contribution >= 0.6 is 0 Å². The van der Waals surface area contributed by atoms with Crippen molar-refractivity contribution in [3.05, 3.63) is 84.3 Å². The van der Waals surface area contributed by atoms with Gasteiger partial charge in [-0.15, -0.1) is 0 Å². The molecule has 1 unspecified atom stereocenters. The first-order chi connectivity index (χ1) is 12.8. The third-order valence-corrected chi connectivity index (χ3v) is 4.26. The Labute approximate surface area is 152 Å². The molecule has 0 saturated heterocycles. The predicted octanol–water partition coefficient (Wildman–Crippen LogP) is 5.01. The molecule has 0 aliphatic heterocycles. The first kappa shape index (κ1) is 16.1. The van der Waals surface area contributed by atoms with Crippen LogP contribution in [0.3, 0.4) is 0 Å². The van der Waals surface area contributed by atoms with E-state index in [1.807, 2.05) is 54.6 Å². The third kappa shape index (κ3) is 3.52. The van der Waals surface area contributed by atoms with Gasteiger partial charge in [-0.3, -0.25) is 0 Å². The van der Waals surface area contributed by atoms with Crippen LogP contribution in [0.25, 0.3) is 10.9 Å². The quantitative estimate of drug-likeness (QED) is 0.515. The number of aromatic nitrogens is 2. The lowest BCUT2D eigenvalue weighted by Gasteiger charge is -2.16. The maximum absolute atomic E-state index is 5.40. The molecule has 2 heterocycles. The minimum atomic E-state index is 0.107. The summed E-state index contributed by atoms with van der Waals surface area (Å²) in [6.45, 7) is 2.67. The number of rotatable bonds is 6. The second kappa shape index (κ2) is 7.27. The number of anilines is 2. The summed E-state index contributed by atoms with van der Waals surface area (Å²) in [4.78, 5) is 9.35. The fraction of sp³-hybridized carbons (Fsp3) is 0.143. The highest BCUT2D eigenvalue weighted by atomic mass is 16.3. The fourth-order valence-electron chi connectivity index (χ4n) is 2.88. The van der Waals surface area contributed by atoms with Crippen LogP contribution in [0, 0.1) is 0 Å². The van der Waals surface area contributed by atoms with Gasteiger partial charge in [0.25, 0.3) is 0 Å². The first-order valence-corrected chi connectivity index (χ1v) is 8.64. The number of hydrogen-bond acceptors (Lipinski definition) is 5. The second-order valence-electron chi connectivity index (χ2n) is 6.12. The molecule has 0 aliphatic rings. The van der Waals surface area contributed by atoms with E-state index < -0.39 is 0 Å². The van der Waals surface area contributed by atoms with E-state index in [4.69, 9.17) is 9.40 Å². The monoisotopic (exact) mass is 344 g/mol. The van der Waals surface area contributed by atoms with Gasteiger partial charge in [0.2, 0.25) is 5.95 Å². The lowest BCUT2D eigenvalue weighted by Crippen LogP contribution is -2.11. The van der Waals surface area contributed by atoms with Gasteiger partial charge in [0.1, 0.15) is 11.6 Å². The van der Waals surface area contributed by atoms with Crippen LogP contribution in [0.1, 0.15) is 24.3 Å². The van der Waals surface area contributed by atoms with Crippen molar-refractivity contribution in [3.8, 4) is 0 Å². The van der Waals surface area contributed by atoms with Gasteiger partial charge >= 0.3 is 0 Å². The number of nitrogens with zero attached hydrogens (tertiary/aromatic N) is 2. The maximum atomic E-state index is 5.40. The van der Waals surface area contributed by atoms with Crippen molar-refractivity contribution < 1.29 is 4.42 Å². The molecule has 0 bridgehead atoms. The molecule has 2 aromatic carbocycles. The Morgan fingerprint density at radius 3 is 2.54 bits per heavy atom. The molecule has 26 heavy (non-hydrogen) atoms. The van der Waals surface area contributed by atoms with E-state index >= 15 is 0 Å². The molecule has 5 nitrogen and oxygen atoms in total. The van der Waals surface area contributed by atoms with Crippen LogP contribution in [0.4, 0.5) is 11.8 Å². The fourth-order valence-corrected chi connectivity index (χ4v) is 2.88. The van der Waals surface area contributed by atoms with E-state index in [1.54, 1.807) is 6.26 Å². The van der Waals surface area contributed by atoms with Gasteiger partial charge < -0.3 is 15.1 Å². The van der Waals surface area contributed by atoms with Crippen molar-refractivity contribution in [1.82, 2.24) is 9.97 Å². The molecular weight excluding hydrogens is 324 g/mol. The summed E-state index contributed by atoms with van der Waals surface area (Å²) in [7, 11) is 0. The molecule has 5 heteroatoms. The highest BCUT2D eigenvalue weighted by Crippen LogP contribution is 2.24. The van der Waals surface area contributed by atoms with Crippen LogP contribution in [0.2, 0.25) is 0 Å². The summed E-state index contributed by atoms with van der Waals surface area (Å²) in [6.07, 6.45) is 1.67. The van der Waals surface area contributed by atoms with Crippen LogP contribution < -0.4 is 10.6 Å². The minimum Gasteiger partial charge on any atom is -0.467 e. The highest BCUT2D eigenvalue weighted by Gasteiger charge is 2.11. The smallest absolute Gasteiger partial charge is 0.225 e. The van der Waals surface area contributed by atoms with Crippen molar-refractivity contribution in [2.75, 3.05) is 10.6 Å². The van der Waals surface area contributed by atoms with E-state index in [9.17, 15) is 0 Å². The van der Waals surface area contributed by atoms with E-state index in [2.05, 4.69) is 34.7 Å². The number of furan rings is 1. The highest BCUT2D eigenvalue weighted by molar-refractivity contribution is 5.90. The van der Waals surface area contributed by atoms with Crippen molar-refractivity contribution in [2.45, 2.75) is 19.5 Å². The minimum absolute atomic E-state index is 0.107. The maximum Gasteiger partial charge on any atom is 0.225 e. The Kier molecular flexibility index (Phi) is 4.51. The Balaban J connectivity index is 1.62. The standard InChI is InChI=1S/C21H20N4O/c1-15(16-8-3-2-4-9-16)23-21-24-19-12-6-5-11-18(19)20(25-21)22-14-17-10-7-13-26-17/h2-13,15H,14H2,1H3,(H2,22,23,24,25). The molecule has 2 N–H and O–H groups in total. The Hall–Kier alpha value is -3.34. The molecule has 0 spiro atoms. The molecule has 0 radical (unpaired) electrons. The lowest BCUT2D eigenvalue weighted by molar-refractivity contribution is 0.518. The third-order valence-electron chi connectivity index (χ3n) is 4.26. The molecule has 2 aromatic heterocycles. The van der Waals surface area contributed by atoms with Crippen molar-refractivity contribution in [1.29, 1.82) is 0 Å². The van der Waals surface area contributed by atoms with Gasteiger partial charge in [0.05, 0.1) is 24.4 Å². The molecule has 4 aromatic rings. The number of hydrogen-bond donors (Lipinski definition) is 2. The van der Waals surface area contributed by atoms with E-state index in [-0.39, 0.29) is 6.04 Å². The number of nitrogens with one attached hydrogen (secondary N) is 2. The zero-order valence-corrected chi connectivity index (χ0v) is 14.5. The van der Waals surface area contributed by atoms with Crippen LogP contribution in [0.15, 0.2) is 77.4 Å². The molecule has 0 saturated carbocycles. The van der Waals surface area contributed by atoms with Gasteiger partial charge in [-0.1, -0.05) is 42.5 Å². The van der Waals surface area contributed by atoms with Gasteiger partial charge in [0, 0.05) is 5.39 Å². The topological polar surface area (TPSA) is 63.0 Å². The van der Waals surface area contributed by atoms with Crippen LogP contribution in [-0.2, 0) is 6.54 Å². The summed E-state index contributed by atoms with van der Waals surface area (Å²) >= 11 is 0. The average molecular weight is 344 g/mol. The molecule has 130 valence electrons. The van der Waals surface area contributed by atoms with Crippen molar-refractivity contribution >= 4 is 22.7 Å². The first-order valence-electron chi connectivity index (χ1n) is 8.64. The van der Waals surface area contributed by atoms with Crippen LogP contribution in [0.5, 0.6) is 0 Å². The van der Waals surface area contributed by atoms with Gasteiger partial charge in [-0.25, -0.2) is 4.98 Å². The summed E-state index contributed by atoms with van der Waals surface area (Å²) in [5.74, 6) is 2.25. The molecule has 1 atom stereocenters. The number of benzene rings is 2. The van der Waals surface area contributed by atoms with Gasteiger partial charge in [0.15, 0.2) is 0 Å². The summed E-state index contributed by atoms with van der Waals surface area (Å²) in [5.41, 5.74) is 2.08. The largest absolute Gasteiger partial charge is 0.467 e. The van der Waals surface area contributed by atoms with Crippen molar-refractivity contribution in [2.24, 2.45) is 0 Å². The normalized spacial score (nSPS) is 12.0. The Morgan fingerprint density at radius 2 is 1.73 bits per heavy atom. The second-order valence-corrected chi connectivity index (χ2v) is 6.12. The van der Waals surface area contributed by atoms with E-state index in [0.717, 1.165) is 22.5 Å². The number of para-hydroxylation sites is 1. The van der Waals surface area contributed by atoms with E-state index in [1.165, 1.54) is 5.56 Å². The SMILES string of the molecule is CC(Nc1nc(NCc2ccco2)c2ccccc2n1)c1ccccc1. The van der Waals surface area contributed by atoms with Gasteiger partial charge in [-0.2, -0.15) is 4.98 Å². The zero-order chi connectivity index (χ0) is 17.8. The summed E-state index contributed by atoms with van der Waals surface area (Å²) in [5, 5.41) is 7.74. The summed E-state index contributed by atoms with van der Waals surface area (Å²) < 4.78 is 5.40. The Morgan fingerprint density at radius 1 is 0.923 bits per heavy atom. The molecule has 0 aliphatic carbocycles. The average Bonchev–Trinajstić information content (AvgIpc) is 3.20. The predicted molar refractivity (Wildman–Crippen MR) is 104 cm³/mol. The zero-order valence-electron chi connectivity index (χ0n) is 14.5. The molecule has 0 fully saturated rings. The Bertz CT molecular complexity index is 984. The van der Waals surface area contributed by atoms with Crippen LogP contribution in [-0.4, -0.2) is 9.97 Å². The van der Waals surface area contributed by atoms with Crippen molar-refractivity contribution in [3.63, 3.8) is 0 Å². The molecular formula is C21H20N4O. The molecule has 4 rings (SSSR count). The van der Waals surface area contributed by atoms with Gasteiger partial charge in [-0.05, 0) is 36.8 Å².